The molecule has 0 saturated carbocycles. The van der Waals surface area contributed by atoms with Crippen molar-refractivity contribution in [3.8, 4) is 0 Å². The van der Waals surface area contributed by atoms with Crippen molar-refractivity contribution >= 4 is 23.2 Å². The van der Waals surface area contributed by atoms with Gasteiger partial charge in [0.2, 0.25) is 11.8 Å². The number of nitrogens with one attached hydrogen (secondary N) is 2. The molecule has 2 N–H and O–H groups in total. The highest BCUT2D eigenvalue weighted by Crippen LogP contribution is 2.22. The van der Waals surface area contributed by atoms with E-state index in [2.05, 4.69) is 20.4 Å². The van der Waals surface area contributed by atoms with Crippen molar-refractivity contribution in [3.05, 3.63) is 59.9 Å². The lowest BCUT2D eigenvalue weighted by atomic mass is 10.1. The van der Waals surface area contributed by atoms with Crippen LogP contribution in [0.5, 0.6) is 0 Å². The number of likely N-dealkylation sites (tertiary alicyclic amines) is 1. The molecule has 2 aromatic carbocycles. The highest BCUT2D eigenvalue weighted by molar-refractivity contribution is 5.96. The van der Waals surface area contributed by atoms with Crippen molar-refractivity contribution in [2.75, 3.05) is 50.0 Å². The molecule has 2 aliphatic rings. The van der Waals surface area contributed by atoms with Gasteiger partial charge in [-0.1, -0.05) is 12.1 Å². The lowest BCUT2D eigenvalue weighted by Gasteiger charge is -2.25. The Balaban J connectivity index is 1.28. The predicted octanol–water partition coefficient (Wildman–Crippen LogP) is 2.70. The number of benzene rings is 2. The summed E-state index contributed by atoms with van der Waals surface area (Å²) in [6, 6.07) is 13.4. The van der Waals surface area contributed by atoms with Crippen LogP contribution < -0.4 is 10.6 Å². The zero-order valence-corrected chi connectivity index (χ0v) is 18.1. The van der Waals surface area contributed by atoms with E-state index in [1.165, 1.54) is 12.1 Å². The number of nitrogens with zero attached hydrogens (tertiary/aromatic N) is 2. The molecule has 2 aliphatic heterocycles. The van der Waals surface area contributed by atoms with E-state index in [4.69, 9.17) is 4.74 Å². The fourth-order valence-electron chi connectivity index (χ4n) is 4.16. The van der Waals surface area contributed by atoms with Crippen molar-refractivity contribution in [2.24, 2.45) is 0 Å². The van der Waals surface area contributed by atoms with Crippen LogP contribution in [0.2, 0.25) is 0 Å². The monoisotopic (exact) mass is 440 g/mol. The average Bonchev–Trinajstić information content (AvgIpc) is 3.26. The summed E-state index contributed by atoms with van der Waals surface area (Å²) in [5.74, 6) is -0.370. The number of anilines is 2. The van der Waals surface area contributed by atoms with E-state index in [9.17, 15) is 14.0 Å². The van der Waals surface area contributed by atoms with Gasteiger partial charge in [0.25, 0.3) is 0 Å². The van der Waals surface area contributed by atoms with Crippen molar-refractivity contribution in [1.82, 2.24) is 9.80 Å². The highest BCUT2D eigenvalue weighted by atomic mass is 19.1. The summed E-state index contributed by atoms with van der Waals surface area (Å²) < 4.78 is 18.4. The molecular formula is C24H29FN4O3. The average molecular weight is 441 g/mol. The molecule has 7 nitrogen and oxygen atoms in total. The van der Waals surface area contributed by atoms with E-state index in [0.29, 0.717) is 37.7 Å². The summed E-state index contributed by atoms with van der Waals surface area (Å²) in [5.41, 5.74) is 2.37. The Morgan fingerprint density at radius 1 is 0.938 bits per heavy atom. The van der Waals surface area contributed by atoms with Gasteiger partial charge in [-0.25, -0.2) is 4.39 Å². The van der Waals surface area contributed by atoms with Crippen LogP contribution in [0.15, 0.2) is 48.5 Å². The lowest BCUT2D eigenvalue weighted by Crippen LogP contribution is -2.41. The predicted molar refractivity (Wildman–Crippen MR) is 121 cm³/mol. The van der Waals surface area contributed by atoms with Crippen molar-refractivity contribution < 1.29 is 18.7 Å². The standard InChI is InChI=1S/C24H29FN4O3/c25-19-5-3-18(4-6-19)16-29-11-1-2-22(29)24(31)27-21-9-7-20(8-10-21)26-23(30)17-28-12-14-32-15-13-28/h3-10,22H,1-2,11-17H2,(H,26,30)(H,27,31). The van der Waals surface area contributed by atoms with Gasteiger partial charge in [0.05, 0.1) is 25.8 Å². The minimum Gasteiger partial charge on any atom is -0.379 e. The summed E-state index contributed by atoms with van der Waals surface area (Å²) in [5, 5.41) is 5.87. The van der Waals surface area contributed by atoms with Gasteiger partial charge in [0.1, 0.15) is 5.82 Å². The van der Waals surface area contributed by atoms with Gasteiger partial charge >= 0.3 is 0 Å². The van der Waals surface area contributed by atoms with Crippen LogP contribution in [0.4, 0.5) is 15.8 Å². The molecule has 0 bridgehead atoms. The maximum atomic E-state index is 13.1. The molecule has 2 heterocycles. The Hall–Kier alpha value is -2.81. The van der Waals surface area contributed by atoms with E-state index in [1.54, 1.807) is 36.4 Å². The van der Waals surface area contributed by atoms with E-state index < -0.39 is 0 Å². The third-order valence-electron chi connectivity index (χ3n) is 5.87. The van der Waals surface area contributed by atoms with E-state index in [1.807, 2.05) is 0 Å². The second-order valence-electron chi connectivity index (χ2n) is 8.26. The zero-order chi connectivity index (χ0) is 22.3. The summed E-state index contributed by atoms with van der Waals surface area (Å²) in [6.45, 7) is 4.63. The molecule has 8 heteroatoms. The second kappa shape index (κ2) is 10.7. The van der Waals surface area contributed by atoms with Crippen LogP contribution >= 0.6 is 0 Å². The van der Waals surface area contributed by atoms with Gasteiger partial charge in [0.15, 0.2) is 0 Å². The van der Waals surface area contributed by atoms with E-state index in [0.717, 1.165) is 38.0 Å². The van der Waals surface area contributed by atoms with Gasteiger partial charge < -0.3 is 15.4 Å². The van der Waals surface area contributed by atoms with E-state index in [-0.39, 0.29) is 23.7 Å². The zero-order valence-electron chi connectivity index (χ0n) is 18.1. The topological polar surface area (TPSA) is 73.9 Å². The molecular weight excluding hydrogens is 411 g/mol. The molecule has 0 aromatic heterocycles. The molecule has 2 amide bonds. The maximum Gasteiger partial charge on any atom is 0.241 e. The minimum atomic E-state index is -0.259. The normalized spacial score (nSPS) is 19.6. The second-order valence-corrected chi connectivity index (χ2v) is 8.26. The first-order valence-electron chi connectivity index (χ1n) is 11.1. The van der Waals surface area contributed by atoms with E-state index >= 15 is 0 Å². The molecule has 2 aromatic rings. The van der Waals surface area contributed by atoms with Gasteiger partial charge in [0, 0.05) is 31.0 Å². The third kappa shape index (κ3) is 6.12. The highest BCUT2D eigenvalue weighted by Gasteiger charge is 2.30. The van der Waals surface area contributed by atoms with Gasteiger partial charge in [-0.2, -0.15) is 0 Å². The number of carbonyl (C=O) groups excluding carboxylic acids is 2. The number of hydrogen-bond acceptors (Lipinski definition) is 5. The van der Waals surface area contributed by atoms with Crippen LogP contribution in [0.1, 0.15) is 18.4 Å². The smallest absolute Gasteiger partial charge is 0.241 e. The van der Waals surface area contributed by atoms with Crippen LogP contribution in [0.3, 0.4) is 0 Å². The summed E-state index contributed by atoms with van der Waals surface area (Å²) in [7, 11) is 0. The Morgan fingerprint density at radius 3 is 2.28 bits per heavy atom. The maximum absolute atomic E-state index is 13.1. The molecule has 32 heavy (non-hydrogen) atoms. The molecule has 1 atom stereocenters. The van der Waals surface area contributed by atoms with Crippen LogP contribution in [-0.4, -0.2) is 67.0 Å². The molecule has 2 saturated heterocycles. The number of carbonyl (C=O) groups is 2. The number of hydrogen-bond donors (Lipinski definition) is 2. The van der Waals surface area contributed by atoms with Gasteiger partial charge in [-0.15, -0.1) is 0 Å². The molecule has 170 valence electrons. The Morgan fingerprint density at radius 2 is 1.59 bits per heavy atom. The summed E-state index contributed by atoms with van der Waals surface area (Å²) >= 11 is 0. The molecule has 4 rings (SSSR count). The quantitative estimate of drug-likeness (QED) is 0.693. The number of halogens is 1. The largest absolute Gasteiger partial charge is 0.379 e. The first-order chi connectivity index (χ1) is 15.6. The van der Waals surface area contributed by atoms with Crippen molar-refractivity contribution in [1.29, 1.82) is 0 Å². The minimum absolute atomic E-state index is 0.0475. The van der Waals surface area contributed by atoms with Gasteiger partial charge in [-0.05, 0) is 61.3 Å². The fraction of sp³-hybridized carbons (Fsp3) is 0.417. The number of rotatable bonds is 7. The van der Waals surface area contributed by atoms with Gasteiger partial charge in [-0.3, -0.25) is 19.4 Å². The van der Waals surface area contributed by atoms with Crippen LogP contribution in [0, 0.1) is 5.82 Å². The first-order valence-corrected chi connectivity index (χ1v) is 11.1. The van der Waals surface area contributed by atoms with Crippen molar-refractivity contribution in [2.45, 2.75) is 25.4 Å². The number of amides is 2. The third-order valence-corrected chi connectivity index (χ3v) is 5.87. The first kappa shape index (κ1) is 22.4. The summed E-state index contributed by atoms with van der Waals surface area (Å²) in [4.78, 5) is 29.3. The molecule has 0 aliphatic carbocycles. The molecule has 2 fully saturated rings. The summed E-state index contributed by atoms with van der Waals surface area (Å²) in [6.07, 6.45) is 1.75. The molecule has 1 unspecified atom stereocenters. The van der Waals surface area contributed by atoms with Crippen LogP contribution in [0.25, 0.3) is 0 Å². The number of morpholine rings is 1. The Labute approximate surface area is 187 Å². The van der Waals surface area contributed by atoms with Crippen LogP contribution in [-0.2, 0) is 20.9 Å². The SMILES string of the molecule is O=C(CN1CCOCC1)Nc1ccc(NC(=O)C2CCCN2Cc2ccc(F)cc2)cc1. The molecule has 0 spiro atoms. The van der Waals surface area contributed by atoms with Crippen molar-refractivity contribution in [3.63, 3.8) is 0 Å². The molecule has 0 radical (unpaired) electrons. The lowest BCUT2D eigenvalue weighted by molar-refractivity contribution is -0.120. The fourth-order valence-corrected chi connectivity index (χ4v) is 4.16. The Kier molecular flexibility index (Phi) is 7.47. The number of ether oxygens (including phenoxy) is 1. The Bertz CT molecular complexity index is 914.